The fourth-order valence-corrected chi connectivity index (χ4v) is 4.16. The van der Waals surface area contributed by atoms with Crippen molar-refractivity contribution in [3.05, 3.63) is 35.4 Å². The van der Waals surface area contributed by atoms with Crippen LogP contribution in [0.15, 0.2) is 24.3 Å². The molecule has 3 unspecified atom stereocenters. The molecule has 7 heteroatoms. The second-order valence-electron chi connectivity index (χ2n) is 7.32. The lowest BCUT2D eigenvalue weighted by Gasteiger charge is -2.36. The highest BCUT2D eigenvalue weighted by molar-refractivity contribution is 5.75. The number of halogens is 3. The Morgan fingerprint density at radius 2 is 1.92 bits per heavy atom. The molecule has 1 aromatic carbocycles. The first-order valence-electron chi connectivity index (χ1n) is 8.78. The van der Waals surface area contributed by atoms with Crippen LogP contribution in [0.3, 0.4) is 0 Å². The van der Waals surface area contributed by atoms with E-state index in [0.717, 1.165) is 25.3 Å². The molecule has 3 aliphatic rings. The molecule has 1 aromatic rings. The summed E-state index contributed by atoms with van der Waals surface area (Å²) in [5.74, 6) is 0.0680. The number of nitrogens with one attached hydrogen (secondary N) is 2. The molecule has 0 radical (unpaired) electrons. The maximum atomic E-state index is 12.8. The van der Waals surface area contributed by atoms with Gasteiger partial charge in [0.1, 0.15) is 0 Å². The second kappa shape index (κ2) is 6.20. The summed E-state index contributed by atoms with van der Waals surface area (Å²) in [6.45, 7) is 0. The number of benzene rings is 1. The Bertz CT molecular complexity index is 658. The van der Waals surface area contributed by atoms with Gasteiger partial charge >= 0.3 is 12.2 Å². The van der Waals surface area contributed by atoms with E-state index in [1.807, 2.05) is 0 Å². The summed E-state index contributed by atoms with van der Waals surface area (Å²) in [6, 6.07) is 5.37. The predicted octanol–water partition coefficient (Wildman–Crippen LogP) is 3.57. The lowest BCUT2D eigenvalue weighted by molar-refractivity contribution is -0.137. The number of alkyl halides is 3. The Balaban J connectivity index is 1.26. The van der Waals surface area contributed by atoms with Gasteiger partial charge < -0.3 is 15.4 Å². The van der Waals surface area contributed by atoms with E-state index >= 15 is 0 Å². The Labute approximate surface area is 144 Å². The summed E-state index contributed by atoms with van der Waals surface area (Å²) >= 11 is 0. The topological polar surface area (TPSA) is 50.4 Å². The minimum atomic E-state index is -4.32. The van der Waals surface area contributed by atoms with E-state index in [9.17, 15) is 18.0 Å². The Kier molecular flexibility index (Phi) is 4.14. The van der Waals surface area contributed by atoms with Gasteiger partial charge in [0, 0.05) is 6.04 Å². The molecule has 136 valence electrons. The summed E-state index contributed by atoms with van der Waals surface area (Å²) in [5, 5.41) is 5.89. The highest BCUT2D eigenvalue weighted by atomic mass is 19.4. The monoisotopic (exact) mass is 354 g/mol. The van der Waals surface area contributed by atoms with Gasteiger partial charge in [-0.25, -0.2) is 4.79 Å². The van der Waals surface area contributed by atoms with Gasteiger partial charge in [0.25, 0.3) is 0 Å². The van der Waals surface area contributed by atoms with Crippen LogP contribution in [0.25, 0.3) is 0 Å². The molecule has 2 amide bonds. The number of carbonyl (C=O) groups excluding carboxylic acids is 1. The molecule has 1 saturated carbocycles. The van der Waals surface area contributed by atoms with E-state index < -0.39 is 11.7 Å². The van der Waals surface area contributed by atoms with Gasteiger partial charge in [0.05, 0.1) is 23.8 Å². The molecule has 2 bridgehead atoms. The Hall–Kier alpha value is -1.76. The van der Waals surface area contributed by atoms with Gasteiger partial charge in [-0.2, -0.15) is 13.2 Å². The van der Waals surface area contributed by atoms with Gasteiger partial charge in [-0.3, -0.25) is 0 Å². The van der Waals surface area contributed by atoms with E-state index in [-0.39, 0.29) is 36.2 Å². The van der Waals surface area contributed by atoms with Crippen LogP contribution in [0.5, 0.6) is 0 Å². The fraction of sp³-hybridized carbons (Fsp3) is 0.611. The minimum Gasteiger partial charge on any atom is -0.373 e. The number of hydrogen-bond acceptors (Lipinski definition) is 2. The molecule has 3 fully saturated rings. The third-order valence-electron chi connectivity index (χ3n) is 5.58. The van der Waals surface area contributed by atoms with Crippen molar-refractivity contribution in [3.8, 4) is 0 Å². The summed E-state index contributed by atoms with van der Waals surface area (Å²) in [6.07, 6.45) is 0.376. The SMILES string of the molecule is O=C(NC1CC(c2cccc(C(F)(F)F)c2)C1)NC1CC2CCC1O2. The average Bonchev–Trinajstić information content (AvgIpc) is 3.12. The number of ether oxygens (including phenoxy) is 1. The smallest absolute Gasteiger partial charge is 0.373 e. The third kappa shape index (κ3) is 3.47. The second-order valence-corrected chi connectivity index (χ2v) is 7.32. The lowest BCUT2D eigenvalue weighted by atomic mass is 9.75. The van der Waals surface area contributed by atoms with Crippen LogP contribution in [0.2, 0.25) is 0 Å². The molecule has 4 rings (SSSR count). The molecule has 3 atom stereocenters. The van der Waals surface area contributed by atoms with Crippen molar-refractivity contribution < 1.29 is 22.7 Å². The molecular formula is C18H21F3N2O2. The number of urea groups is 1. The van der Waals surface area contributed by atoms with Gasteiger partial charge in [-0.05, 0) is 49.7 Å². The van der Waals surface area contributed by atoms with E-state index in [2.05, 4.69) is 10.6 Å². The summed E-state index contributed by atoms with van der Waals surface area (Å²) in [5.41, 5.74) is 0.0743. The van der Waals surface area contributed by atoms with E-state index in [0.29, 0.717) is 18.4 Å². The standard InChI is InChI=1S/C18H21F3N2O2/c19-18(20,21)12-3-1-2-10(6-12)11-7-13(8-11)22-17(24)23-15-9-14-4-5-16(15)25-14/h1-3,6,11,13-16H,4-5,7-9H2,(H2,22,23,24). The summed E-state index contributed by atoms with van der Waals surface area (Å²) < 4.78 is 44.1. The number of carbonyl (C=O) groups is 1. The molecule has 2 heterocycles. The van der Waals surface area contributed by atoms with E-state index in [4.69, 9.17) is 4.74 Å². The molecule has 1 aliphatic carbocycles. The maximum absolute atomic E-state index is 12.8. The lowest BCUT2D eigenvalue weighted by Crippen LogP contribution is -2.52. The van der Waals surface area contributed by atoms with Crippen LogP contribution < -0.4 is 10.6 Å². The fourth-order valence-electron chi connectivity index (χ4n) is 4.16. The first-order chi connectivity index (χ1) is 11.9. The Morgan fingerprint density at radius 3 is 2.56 bits per heavy atom. The highest BCUT2D eigenvalue weighted by Crippen LogP contribution is 2.39. The predicted molar refractivity (Wildman–Crippen MR) is 85.2 cm³/mol. The van der Waals surface area contributed by atoms with Crippen LogP contribution in [0, 0.1) is 0 Å². The zero-order valence-electron chi connectivity index (χ0n) is 13.7. The highest BCUT2D eigenvalue weighted by Gasteiger charge is 2.42. The molecule has 2 saturated heterocycles. The van der Waals surface area contributed by atoms with Gasteiger partial charge in [0.15, 0.2) is 0 Å². The third-order valence-corrected chi connectivity index (χ3v) is 5.58. The van der Waals surface area contributed by atoms with E-state index in [1.54, 1.807) is 6.07 Å². The van der Waals surface area contributed by atoms with Crippen molar-refractivity contribution in [1.82, 2.24) is 10.6 Å². The molecule has 0 aromatic heterocycles. The van der Waals surface area contributed by atoms with Crippen molar-refractivity contribution in [3.63, 3.8) is 0 Å². The molecule has 2 N–H and O–H groups in total. The van der Waals surface area contributed by atoms with E-state index in [1.165, 1.54) is 12.1 Å². The van der Waals surface area contributed by atoms with Gasteiger partial charge in [-0.15, -0.1) is 0 Å². The zero-order valence-corrected chi connectivity index (χ0v) is 13.7. The van der Waals surface area contributed by atoms with Crippen LogP contribution in [0.4, 0.5) is 18.0 Å². The van der Waals surface area contributed by atoms with Crippen molar-refractivity contribution in [1.29, 1.82) is 0 Å². The number of hydrogen-bond donors (Lipinski definition) is 2. The number of amides is 2. The number of fused-ring (bicyclic) bond motifs is 2. The Morgan fingerprint density at radius 1 is 1.12 bits per heavy atom. The quantitative estimate of drug-likeness (QED) is 0.872. The summed E-state index contributed by atoms with van der Waals surface area (Å²) in [7, 11) is 0. The first kappa shape index (κ1) is 16.7. The molecule has 4 nitrogen and oxygen atoms in total. The maximum Gasteiger partial charge on any atom is 0.416 e. The van der Waals surface area contributed by atoms with Gasteiger partial charge in [0.2, 0.25) is 0 Å². The average molecular weight is 354 g/mol. The largest absolute Gasteiger partial charge is 0.416 e. The first-order valence-corrected chi connectivity index (χ1v) is 8.78. The van der Waals surface area contributed by atoms with Crippen LogP contribution in [-0.2, 0) is 10.9 Å². The normalized spacial score (nSPS) is 33.8. The molecular weight excluding hydrogens is 333 g/mol. The van der Waals surface area contributed by atoms with Gasteiger partial charge in [-0.1, -0.05) is 18.2 Å². The van der Waals surface area contributed by atoms with Crippen LogP contribution in [-0.4, -0.2) is 30.3 Å². The van der Waals surface area contributed by atoms with Crippen LogP contribution >= 0.6 is 0 Å². The summed E-state index contributed by atoms with van der Waals surface area (Å²) in [4.78, 5) is 12.1. The minimum absolute atomic E-state index is 0.0130. The molecule has 0 spiro atoms. The molecule has 25 heavy (non-hydrogen) atoms. The van der Waals surface area contributed by atoms with Crippen molar-refractivity contribution in [2.45, 2.75) is 68.5 Å². The van der Waals surface area contributed by atoms with Crippen molar-refractivity contribution in [2.75, 3.05) is 0 Å². The number of rotatable bonds is 3. The van der Waals surface area contributed by atoms with Crippen molar-refractivity contribution >= 4 is 6.03 Å². The zero-order chi connectivity index (χ0) is 17.6. The van der Waals surface area contributed by atoms with Crippen molar-refractivity contribution in [2.24, 2.45) is 0 Å². The molecule has 2 aliphatic heterocycles. The van der Waals surface area contributed by atoms with Crippen LogP contribution in [0.1, 0.15) is 49.1 Å².